The van der Waals surface area contributed by atoms with Gasteiger partial charge in [-0.15, -0.1) is 0 Å². The van der Waals surface area contributed by atoms with Crippen LogP contribution < -0.4 is 10.4 Å². The molecule has 3 N–H and O–H groups in total. The Morgan fingerprint density at radius 3 is 1.98 bits per heavy atom. The van der Waals surface area contributed by atoms with Gasteiger partial charge in [-0.3, -0.25) is 14.5 Å². The van der Waals surface area contributed by atoms with E-state index in [4.69, 9.17) is 4.43 Å². The predicted octanol–water partition coefficient (Wildman–Crippen LogP) is 6.97. The molecule has 6 rings (SSSR count). The Morgan fingerprint density at radius 1 is 0.870 bits per heavy atom. The van der Waals surface area contributed by atoms with Crippen LogP contribution >= 0.6 is 0 Å². The number of allylic oxidation sites excluding steroid dienone is 1. The van der Waals surface area contributed by atoms with Crippen molar-refractivity contribution in [2.24, 2.45) is 17.8 Å². The number of phenolic OH excluding ortho intramolecular Hbond substituents is 1. The van der Waals surface area contributed by atoms with Crippen molar-refractivity contribution >= 4 is 42.2 Å². The number of hydrogen-bond acceptors (Lipinski definition) is 6. The van der Waals surface area contributed by atoms with E-state index in [9.17, 15) is 24.9 Å². The van der Waals surface area contributed by atoms with Crippen molar-refractivity contribution in [3.05, 3.63) is 138 Å². The fourth-order valence-corrected chi connectivity index (χ4v) is 13.3. The molecule has 1 aliphatic carbocycles. The molecule has 7 nitrogen and oxygen atoms in total. The van der Waals surface area contributed by atoms with Crippen LogP contribution in [0.25, 0.3) is 11.6 Å². The van der Waals surface area contributed by atoms with E-state index in [0.717, 1.165) is 32.6 Å². The Bertz CT molecular complexity index is 1910. The number of likely N-dealkylation sites (tertiary alicyclic amines) is 1. The zero-order valence-corrected chi connectivity index (χ0v) is 32.8. The van der Waals surface area contributed by atoms with Crippen molar-refractivity contribution < 1.29 is 29.3 Å². The van der Waals surface area contributed by atoms with Gasteiger partial charge in [0.1, 0.15) is 5.75 Å². The van der Waals surface area contributed by atoms with E-state index in [2.05, 4.69) is 51.1 Å². The lowest BCUT2D eigenvalue weighted by Gasteiger charge is -2.44. The van der Waals surface area contributed by atoms with Crippen LogP contribution in [-0.4, -0.2) is 66.2 Å². The minimum Gasteiger partial charge on any atom is -0.508 e. The smallest absolute Gasteiger partial charge is 0.261 e. The second-order valence-corrected chi connectivity index (χ2v) is 20.0. The summed E-state index contributed by atoms with van der Waals surface area (Å²) in [6.45, 7) is 8.70. The second kappa shape index (κ2) is 16.8. The molecule has 4 atom stereocenters. The largest absolute Gasteiger partial charge is 0.508 e. The Hall–Kier alpha value is -4.60. The molecule has 0 aromatic heterocycles. The Balaban J connectivity index is 1.43. The third-order valence-electron chi connectivity index (χ3n) is 11.2. The summed E-state index contributed by atoms with van der Waals surface area (Å²) < 4.78 is 7.39. The normalized spacial score (nSPS) is 20.0. The first-order valence-corrected chi connectivity index (χ1v) is 21.1. The van der Waals surface area contributed by atoms with Gasteiger partial charge in [0.2, 0.25) is 11.8 Å². The van der Waals surface area contributed by atoms with Crippen LogP contribution in [0.2, 0.25) is 5.04 Å². The molecular weight excluding hydrogens is 691 g/mol. The highest BCUT2D eigenvalue weighted by Gasteiger charge is 2.56. The molecule has 0 spiro atoms. The van der Waals surface area contributed by atoms with Crippen LogP contribution in [-0.2, 0) is 14.0 Å². The summed E-state index contributed by atoms with van der Waals surface area (Å²) in [6, 6.07) is 37.7. The summed E-state index contributed by atoms with van der Waals surface area (Å²) in [5.41, 5.74) is 4.34. The van der Waals surface area contributed by atoms with Crippen LogP contribution in [0.1, 0.15) is 64.5 Å². The number of rotatable bonds is 14. The van der Waals surface area contributed by atoms with Gasteiger partial charge in [0.05, 0.1) is 31.2 Å². The van der Waals surface area contributed by atoms with Gasteiger partial charge in [-0.1, -0.05) is 137 Å². The number of hydrogen-bond donors (Lipinski definition) is 3. The molecule has 282 valence electrons. The molecule has 1 fully saturated rings. The average molecular weight is 744 g/mol. The number of aliphatic hydroxyl groups is 2. The number of aliphatic hydroxyl groups excluding tert-OH is 2. The number of carbonyl (C=O) groups excluding carboxylic acids is 2. The number of nitrogens with zero attached hydrogens (tertiary/aromatic N) is 1. The van der Waals surface area contributed by atoms with E-state index in [1.54, 1.807) is 12.1 Å². The summed E-state index contributed by atoms with van der Waals surface area (Å²) in [5, 5.41) is 35.2. The van der Waals surface area contributed by atoms with E-state index in [0.29, 0.717) is 31.4 Å². The molecule has 0 saturated carbocycles. The lowest BCUT2D eigenvalue weighted by molar-refractivity contribution is -0.140. The highest BCUT2D eigenvalue weighted by atomic mass is 28.4. The predicted molar refractivity (Wildman–Crippen MR) is 217 cm³/mol. The molecule has 54 heavy (non-hydrogen) atoms. The minimum atomic E-state index is -3.02. The number of phenols is 1. The van der Waals surface area contributed by atoms with E-state index >= 15 is 0 Å². The number of fused-ring (bicyclic) bond motifs is 1. The van der Waals surface area contributed by atoms with Crippen molar-refractivity contribution in [3.8, 4) is 5.75 Å². The SMILES string of the molecule is CCCN1C(=O)[C@@H]2[C@@H](CC(CO[Si](c3ccccc3)(c3ccccc3)C(C)(C)C)=C([C@H](O)CC/C(=C/c3ccc(O)cc3)c3ccccc3)[C@@H]2CO)C1=O. The van der Waals surface area contributed by atoms with E-state index < -0.39 is 32.2 Å². The molecule has 8 heteroatoms. The number of carbonyl (C=O) groups is 2. The first-order valence-electron chi connectivity index (χ1n) is 19.2. The van der Waals surface area contributed by atoms with Gasteiger partial charge in [-0.25, -0.2) is 0 Å². The van der Waals surface area contributed by atoms with Crippen LogP contribution in [0.3, 0.4) is 0 Å². The number of amides is 2. The van der Waals surface area contributed by atoms with Gasteiger partial charge in [-0.05, 0) is 81.1 Å². The molecule has 0 bridgehead atoms. The molecule has 1 heterocycles. The van der Waals surface area contributed by atoms with Crippen molar-refractivity contribution in [1.82, 2.24) is 4.90 Å². The molecule has 1 saturated heterocycles. The fourth-order valence-electron chi connectivity index (χ4n) is 8.73. The minimum absolute atomic E-state index is 0.156. The van der Waals surface area contributed by atoms with Gasteiger partial charge in [-0.2, -0.15) is 0 Å². The molecule has 4 aromatic carbocycles. The van der Waals surface area contributed by atoms with Gasteiger partial charge >= 0.3 is 0 Å². The third kappa shape index (κ3) is 7.80. The zero-order chi connectivity index (χ0) is 38.5. The van der Waals surface area contributed by atoms with Crippen LogP contribution in [0, 0.1) is 17.8 Å². The van der Waals surface area contributed by atoms with Gasteiger partial charge in [0.15, 0.2) is 0 Å². The molecule has 1 aliphatic heterocycles. The first-order chi connectivity index (χ1) is 26.0. The highest BCUT2D eigenvalue weighted by Crippen LogP contribution is 2.47. The highest BCUT2D eigenvalue weighted by molar-refractivity contribution is 6.99. The Morgan fingerprint density at radius 2 is 1.44 bits per heavy atom. The van der Waals surface area contributed by atoms with E-state index in [1.807, 2.05) is 85.8 Å². The van der Waals surface area contributed by atoms with Crippen molar-refractivity contribution in [1.29, 1.82) is 0 Å². The topological polar surface area (TPSA) is 107 Å². The third-order valence-corrected chi connectivity index (χ3v) is 16.2. The number of benzene rings is 4. The summed E-state index contributed by atoms with van der Waals surface area (Å²) in [6.07, 6.45) is 2.81. The molecule has 2 amide bonds. The van der Waals surface area contributed by atoms with Crippen LogP contribution in [0.15, 0.2) is 126 Å². The fraction of sp³-hybridized carbons (Fsp3) is 0.348. The summed E-state index contributed by atoms with van der Waals surface area (Å²) in [5.74, 6) is -2.37. The average Bonchev–Trinajstić information content (AvgIpc) is 3.41. The molecule has 2 aliphatic rings. The first kappa shape index (κ1) is 39.1. The molecule has 0 unspecified atom stereocenters. The standard InChI is InChI=1S/C46H53NO6Si/c1-5-27-47-44(51)39-29-35(31-53-54(46(2,3)4,37-17-11-7-12-18-37)38-19-13-8-14-20-38)42(40(30-48)43(39)45(47)52)41(50)26-23-34(33-15-9-6-10-16-33)28-32-21-24-36(49)25-22-32/h6-22,24-25,28,39-41,43,48-50H,5,23,26-27,29-31H2,1-4H3/b34-28-/t39-,40+,41-,43-/m1/s1. The van der Waals surface area contributed by atoms with Crippen molar-refractivity contribution in [2.45, 2.75) is 64.5 Å². The number of aromatic hydroxyl groups is 1. The summed E-state index contributed by atoms with van der Waals surface area (Å²) >= 11 is 0. The molecule has 4 aromatic rings. The molecule has 0 radical (unpaired) electrons. The van der Waals surface area contributed by atoms with E-state index in [-0.39, 0.29) is 42.2 Å². The molecular formula is C46H53NO6Si. The Labute approximate surface area is 320 Å². The monoisotopic (exact) mass is 743 g/mol. The zero-order valence-electron chi connectivity index (χ0n) is 31.8. The van der Waals surface area contributed by atoms with Gasteiger partial charge < -0.3 is 19.7 Å². The maximum atomic E-state index is 13.9. The lowest BCUT2D eigenvalue weighted by atomic mass is 9.68. The second-order valence-electron chi connectivity index (χ2n) is 15.6. The van der Waals surface area contributed by atoms with Crippen molar-refractivity contribution in [2.75, 3.05) is 19.8 Å². The van der Waals surface area contributed by atoms with Crippen LogP contribution in [0.4, 0.5) is 0 Å². The summed E-state index contributed by atoms with van der Waals surface area (Å²) in [4.78, 5) is 29.2. The maximum Gasteiger partial charge on any atom is 0.261 e. The van der Waals surface area contributed by atoms with E-state index in [1.165, 1.54) is 4.90 Å². The lowest BCUT2D eigenvalue weighted by Crippen LogP contribution is -2.66. The van der Waals surface area contributed by atoms with Crippen LogP contribution in [0.5, 0.6) is 5.75 Å². The quantitative estimate of drug-likeness (QED) is 0.0558. The number of imide groups is 1. The maximum absolute atomic E-state index is 13.9. The van der Waals surface area contributed by atoms with Gasteiger partial charge in [0.25, 0.3) is 8.32 Å². The summed E-state index contributed by atoms with van der Waals surface area (Å²) in [7, 11) is -3.02. The van der Waals surface area contributed by atoms with Crippen molar-refractivity contribution in [3.63, 3.8) is 0 Å². The van der Waals surface area contributed by atoms with Gasteiger partial charge in [0, 0.05) is 12.5 Å². The Kier molecular flexibility index (Phi) is 12.2.